The first-order valence-electron chi connectivity index (χ1n) is 11.8. The number of rotatable bonds is 6. The van der Waals surface area contributed by atoms with Gasteiger partial charge in [0, 0.05) is 59.9 Å². The van der Waals surface area contributed by atoms with Crippen LogP contribution >= 0.6 is 11.3 Å². The summed E-state index contributed by atoms with van der Waals surface area (Å²) in [5.74, 6) is -0.427. The molecule has 1 aliphatic heterocycles. The summed E-state index contributed by atoms with van der Waals surface area (Å²) < 4.78 is 1.88. The highest BCUT2D eigenvalue weighted by Gasteiger charge is 2.29. The lowest BCUT2D eigenvalue weighted by Gasteiger charge is -2.32. The van der Waals surface area contributed by atoms with Crippen molar-refractivity contribution in [2.75, 3.05) is 18.4 Å². The maximum Gasteiger partial charge on any atom is 0.324 e. The Bertz CT molecular complexity index is 1440. The first-order chi connectivity index (χ1) is 17.9. The van der Waals surface area contributed by atoms with Crippen molar-refractivity contribution >= 4 is 33.8 Å². The van der Waals surface area contributed by atoms with Crippen LogP contribution in [0.4, 0.5) is 10.7 Å². The number of hydrogen-bond donors (Lipinski definition) is 1. The molecule has 1 aliphatic rings. The van der Waals surface area contributed by atoms with E-state index in [0.717, 1.165) is 28.4 Å². The van der Waals surface area contributed by atoms with E-state index in [9.17, 15) is 19.7 Å². The number of carbonyl (C=O) groups is 2. The lowest BCUT2D eigenvalue weighted by atomic mass is 9.89. The minimum absolute atomic E-state index is 0.0186. The monoisotopic (exact) mass is 516 g/mol. The number of benzene rings is 1. The van der Waals surface area contributed by atoms with Crippen LogP contribution in [-0.4, -0.2) is 49.3 Å². The molecule has 0 bridgehead atoms. The smallest absolute Gasteiger partial charge is 0.324 e. The fourth-order valence-corrected chi connectivity index (χ4v) is 5.18. The zero-order chi connectivity index (χ0) is 25.9. The van der Waals surface area contributed by atoms with Crippen LogP contribution in [0.2, 0.25) is 0 Å². The molecule has 4 aromatic rings. The van der Waals surface area contributed by atoms with E-state index in [0.29, 0.717) is 42.7 Å². The van der Waals surface area contributed by atoms with E-state index in [1.807, 2.05) is 48.0 Å². The molecule has 0 saturated carbocycles. The van der Waals surface area contributed by atoms with Gasteiger partial charge in [-0.2, -0.15) is 0 Å². The van der Waals surface area contributed by atoms with Crippen molar-refractivity contribution in [3.63, 3.8) is 0 Å². The Morgan fingerprint density at radius 2 is 1.89 bits per heavy atom. The molecule has 1 fully saturated rings. The van der Waals surface area contributed by atoms with Gasteiger partial charge in [-0.25, -0.2) is 4.98 Å². The summed E-state index contributed by atoms with van der Waals surface area (Å²) in [7, 11) is 0. The summed E-state index contributed by atoms with van der Waals surface area (Å²) >= 11 is 0.950. The molecule has 5 rings (SSSR count). The number of amides is 2. The molecule has 0 unspecified atom stereocenters. The maximum atomic E-state index is 13.2. The largest absolute Gasteiger partial charge is 0.339 e. The molecule has 1 aromatic carbocycles. The lowest BCUT2D eigenvalue weighted by Crippen LogP contribution is -2.38. The van der Waals surface area contributed by atoms with Gasteiger partial charge in [0.2, 0.25) is 0 Å². The van der Waals surface area contributed by atoms with Crippen LogP contribution in [0.25, 0.3) is 5.69 Å². The van der Waals surface area contributed by atoms with Crippen LogP contribution in [0.5, 0.6) is 0 Å². The zero-order valence-corrected chi connectivity index (χ0v) is 20.9. The molecule has 4 heterocycles. The van der Waals surface area contributed by atoms with E-state index < -0.39 is 4.92 Å². The van der Waals surface area contributed by atoms with Gasteiger partial charge in [-0.15, -0.1) is 0 Å². The summed E-state index contributed by atoms with van der Waals surface area (Å²) in [5.41, 5.74) is 4.01. The van der Waals surface area contributed by atoms with Gasteiger partial charge >= 0.3 is 5.00 Å². The number of aromatic nitrogens is 3. The number of nitrogens with one attached hydrogen (secondary N) is 1. The fraction of sp³-hybridized carbons (Fsp3) is 0.231. The van der Waals surface area contributed by atoms with Crippen LogP contribution in [0.15, 0.2) is 66.6 Å². The summed E-state index contributed by atoms with van der Waals surface area (Å²) in [6.07, 6.45) is 6.56. The minimum Gasteiger partial charge on any atom is -0.339 e. The molecule has 3 aromatic heterocycles. The van der Waals surface area contributed by atoms with E-state index in [-0.39, 0.29) is 22.7 Å². The summed E-state index contributed by atoms with van der Waals surface area (Å²) in [6.45, 7) is 2.86. The predicted octanol–water partition coefficient (Wildman–Crippen LogP) is 4.82. The number of imidazole rings is 1. The highest BCUT2D eigenvalue weighted by atomic mass is 32.1. The number of aryl methyl sites for hydroxylation is 1. The van der Waals surface area contributed by atoms with Crippen molar-refractivity contribution in [3.05, 3.63) is 99.2 Å². The second-order valence-electron chi connectivity index (χ2n) is 8.85. The molecule has 37 heavy (non-hydrogen) atoms. The van der Waals surface area contributed by atoms with E-state index in [1.165, 1.54) is 11.4 Å². The highest BCUT2D eigenvalue weighted by molar-refractivity contribution is 7.13. The Kier molecular flexibility index (Phi) is 6.78. The van der Waals surface area contributed by atoms with E-state index in [2.05, 4.69) is 10.3 Å². The van der Waals surface area contributed by atoms with Gasteiger partial charge in [0.05, 0.1) is 28.1 Å². The molecule has 2 amide bonds. The number of nitrogens with zero attached hydrogens (tertiary/aromatic N) is 5. The van der Waals surface area contributed by atoms with Gasteiger partial charge < -0.3 is 14.8 Å². The van der Waals surface area contributed by atoms with Gasteiger partial charge in [0.1, 0.15) is 0 Å². The van der Waals surface area contributed by atoms with Crippen LogP contribution in [0.3, 0.4) is 0 Å². The van der Waals surface area contributed by atoms with E-state index >= 15 is 0 Å². The number of hydrogen-bond acceptors (Lipinski definition) is 7. The summed E-state index contributed by atoms with van der Waals surface area (Å²) in [4.78, 5) is 47.0. The second-order valence-corrected chi connectivity index (χ2v) is 9.74. The van der Waals surface area contributed by atoms with Gasteiger partial charge in [0.25, 0.3) is 11.8 Å². The van der Waals surface area contributed by atoms with Crippen LogP contribution in [0, 0.1) is 17.0 Å². The van der Waals surface area contributed by atoms with Crippen molar-refractivity contribution in [3.8, 4) is 5.69 Å². The number of piperidine rings is 1. The average Bonchev–Trinajstić information content (AvgIpc) is 3.62. The molecule has 0 spiro atoms. The van der Waals surface area contributed by atoms with E-state index in [1.54, 1.807) is 23.5 Å². The third kappa shape index (κ3) is 5.26. The third-order valence-corrected chi connectivity index (χ3v) is 7.30. The Labute approximate surface area is 216 Å². The Hall–Kier alpha value is -4.38. The molecular weight excluding hydrogens is 492 g/mol. The number of likely N-dealkylation sites (tertiary alicyclic amines) is 1. The van der Waals surface area contributed by atoms with Crippen LogP contribution < -0.4 is 5.32 Å². The quantitative estimate of drug-likeness (QED) is 0.290. The molecular formula is C26H24N6O4S. The van der Waals surface area contributed by atoms with Crippen molar-refractivity contribution in [2.24, 2.45) is 0 Å². The first-order valence-corrected chi connectivity index (χ1v) is 12.7. The maximum absolute atomic E-state index is 13.2. The number of thiophene rings is 1. The van der Waals surface area contributed by atoms with Crippen molar-refractivity contribution in [1.82, 2.24) is 19.4 Å². The SMILES string of the molecule is Cc1ccc(C(=O)Nc2ccc(-n3ccnc3)cc2)c(C2CCN(C(=O)c3csc([N+](=O)[O-])c3)CC2)n1. The number of nitro groups is 1. The van der Waals surface area contributed by atoms with Crippen LogP contribution in [0.1, 0.15) is 50.9 Å². The Morgan fingerprint density at radius 1 is 1.14 bits per heavy atom. The lowest BCUT2D eigenvalue weighted by molar-refractivity contribution is -0.380. The normalized spacial score (nSPS) is 13.9. The molecule has 188 valence electrons. The van der Waals surface area contributed by atoms with Crippen LogP contribution in [-0.2, 0) is 0 Å². The predicted molar refractivity (Wildman–Crippen MR) is 139 cm³/mol. The average molecular weight is 517 g/mol. The summed E-state index contributed by atoms with van der Waals surface area (Å²) in [6, 6.07) is 12.4. The fourth-order valence-electron chi connectivity index (χ4n) is 4.48. The number of pyridine rings is 1. The van der Waals surface area contributed by atoms with E-state index in [4.69, 9.17) is 4.98 Å². The van der Waals surface area contributed by atoms with Gasteiger partial charge in [-0.05, 0) is 56.2 Å². The molecule has 10 nitrogen and oxygen atoms in total. The molecule has 1 N–H and O–H groups in total. The Balaban J connectivity index is 1.27. The molecule has 1 saturated heterocycles. The standard InChI is InChI=1S/C26H24N6O4S/c1-17-2-7-22(25(33)29-20-3-5-21(6-4-20)31-13-10-27-16-31)24(28-17)18-8-11-30(12-9-18)26(34)19-14-23(32(35)36)37-15-19/h2-7,10,13-16,18H,8-9,11-12H2,1H3,(H,29,33). The van der Waals surface area contributed by atoms with Crippen molar-refractivity contribution in [1.29, 1.82) is 0 Å². The Morgan fingerprint density at radius 3 is 2.54 bits per heavy atom. The molecule has 11 heteroatoms. The molecule has 0 aliphatic carbocycles. The minimum atomic E-state index is -0.488. The highest BCUT2D eigenvalue weighted by Crippen LogP contribution is 2.31. The van der Waals surface area contributed by atoms with Gasteiger partial charge in [-0.3, -0.25) is 24.7 Å². The number of anilines is 1. The topological polar surface area (TPSA) is 123 Å². The molecule has 0 atom stereocenters. The summed E-state index contributed by atoms with van der Waals surface area (Å²) in [5, 5.41) is 15.4. The van der Waals surface area contributed by atoms with Gasteiger partial charge in [-0.1, -0.05) is 11.3 Å². The van der Waals surface area contributed by atoms with Crippen molar-refractivity contribution in [2.45, 2.75) is 25.7 Å². The van der Waals surface area contributed by atoms with Crippen molar-refractivity contribution < 1.29 is 14.5 Å². The molecule has 0 radical (unpaired) electrons. The first kappa shape index (κ1) is 24.3. The zero-order valence-electron chi connectivity index (χ0n) is 20.0. The van der Waals surface area contributed by atoms with Gasteiger partial charge in [0.15, 0.2) is 0 Å². The number of carbonyl (C=O) groups excluding carboxylic acids is 2. The second kappa shape index (κ2) is 10.3. The third-order valence-electron chi connectivity index (χ3n) is 6.42.